The molecule has 4 rings (SSSR count). The Morgan fingerprint density at radius 3 is 2.63 bits per heavy atom. The Morgan fingerprint density at radius 1 is 0.947 bits per heavy atom. The first-order valence-electron chi connectivity index (χ1n) is 7.05. The zero-order valence-corrected chi connectivity index (χ0v) is 10.9. The van der Waals surface area contributed by atoms with E-state index in [-0.39, 0.29) is 0 Å². The Bertz CT molecular complexity index is 709. The summed E-state index contributed by atoms with van der Waals surface area (Å²) in [6.07, 6.45) is 3.64. The highest BCUT2D eigenvalue weighted by Gasteiger charge is 2.26. The molecule has 94 valence electrons. The van der Waals surface area contributed by atoms with E-state index >= 15 is 0 Å². The lowest BCUT2D eigenvalue weighted by molar-refractivity contribution is 0.676. The van der Waals surface area contributed by atoms with E-state index in [4.69, 9.17) is 0 Å². The van der Waals surface area contributed by atoms with Crippen LogP contribution >= 0.6 is 0 Å². The van der Waals surface area contributed by atoms with Crippen LogP contribution in [0.1, 0.15) is 29.2 Å². The number of para-hydroxylation sites is 1. The van der Waals surface area contributed by atoms with Crippen molar-refractivity contribution in [1.29, 1.82) is 0 Å². The summed E-state index contributed by atoms with van der Waals surface area (Å²) >= 11 is 0. The molecule has 0 saturated heterocycles. The van der Waals surface area contributed by atoms with Crippen LogP contribution in [0.3, 0.4) is 0 Å². The molecule has 0 amide bonds. The normalized spacial score (nSPS) is 17.8. The van der Waals surface area contributed by atoms with Crippen LogP contribution in [0.4, 0.5) is 0 Å². The molecule has 1 unspecified atom stereocenters. The monoisotopic (exact) mass is 247 g/mol. The molecular formula is C18H17N. The van der Waals surface area contributed by atoms with E-state index in [0.717, 1.165) is 6.42 Å². The highest BCUT2D eigenvalue weighted by atomic mass is 14.7. The van der Waals surface area contributed by atoms with Gasteiger partial charge in [-0.15, -0.1) is 0 Å². The number of aryl methyl sites for hydroxylation is 1. The summed E-state index contributed by atoms with van der Waals surface area (Å²) in [5, 5.41) is 1.43. The van der Waals surface area contributed by atoms with E-state index in [1.54, 1.807) is 5.56 Å². The van der Waals surface area contributed by atoms with E-state index < -0.39 is 0 Å². The van der Waals surface area contributed by atoms with Crippen LogP contribution in [0, 0.1) is 0 Å². The fourth-order valence-corrected chi connectivity index (χ4v) is 3.45. The fourth-order valence-electron chi connectivity index (χ4n) is 3.45. The Morgan fingerprint density at radius 2 is 1.74 bits per heavy atom. The van der Waals surface area contributed by atoms with Gasteiger partial charge in [0.05, 0.1) is 0 Å². The lowest BCUT2D eigenvalue weighted by Gasteiger charge is -2.11. The molecule has 3 aromatic rings. The molecule has 1 atom stereocenters. The Hall–Kier alpha value is -2.02. The maximum Gasteiger partial charge on any atom is 0.0459 e. The predicted molar refractivity (Wildman–Crippen MR) is 79.5 cm³/mol. The van der Waals surface area contributed by atoms with Gasteiger partial charge in [0.2, 0.25) is 0 Å². The van der Waals surface area contributed by atoms with Gasteiger partial charge >= 0.3 is 0 Å². The molecule has 2 aromatic carbocycles. The second kappa shape index (κ2) is 4.27. The van der Waals surface area contributed by atoms with Crippen LogP contribution in [-0.4, -0.2) is 4.98 Å². The summed E-state index contributed by atoms with van der Waals surface area (Å²) in [6, 6.07) is 19.6. The van der Waals surface area contributed by atoms with Gasteiger partial charge in [-0.25, -0.2) is 0 Å². The summed E-state index contributed by atoms with van der Waals surface area (Å²) in [6.45, 7) is 0. The van der Waals surface area contributed by atoms with Gasteiger partial charge in [-0.1, -0.05) is 48.5 Å². The molecule has 1 heteroatoms. The molecule has 0 fully saturated rings. The van der Waals surface area contributed by atoms with Crippen molar-refractivity contribution >= 4 is 10.9 Å². The first-order chi connectivity index (χ1) is 9.42. The van der Waals surface area contributed by atoms with Gasteiger partial charge in [0, 0.05) is 16.6 Å². The van der Waals surface area contributed by atoms with E-state index in [1.165, 1.54) is 35.0 Å². The van der Waals surface area contributed by atoms with E-state index in [9.17, 15) is 0 Å². The molecule has 1 nitrogen and oxygen atoms in total. The van der Waals surface area contributed by atoms with Crippen LogP contribution in [-0.2, 0) is 12.8 Å². The highest BCUT2D eigenvalue weighted by Crippen LogP contribution is 2.40. The van der Waals surface area contributed by atoms with Gasteiger partial charge in [0.25, 0.3) is 0 Å². The minimum atomic E-state index is 0.675. The molecule has 0 saturated carbocycles. The molecular weight excluding hydrogens is 230 g/mol. The average Bonchev–Trinajstić information content (AvgIpc) is 3.00. The third kappa shape index (κ3) is 1.77. The second-order valence-electron chi connectivity index (χ2n) is 5.49. The van der Waals surface area contributed by atoms with E-state index in [1.807, 2.05) is 0 Å². The van der Waals surface area contributed by atoms with Crippen LogP contribution in [0.2, 0.25) is 0 Å². The van der Waals surface area contributed by atoms with Gasteiger partial charge in [-0.3, -0.25) is 0 Å². The molecule has 0 aliphatic heterocycles. The predicted octanol–water partition coefficient (Wildman–Crippen LogP) is 4.44. The number of aromatic nitrogens is 1. The van der Waals surface area contributed by atoms with E-state index in [2.05, 4.69) is 59.6 Å². The molecule has 1 heterocycles. The van der Waals surface area contributed by atoms with Crippen molar-refractivity contribution in [3.63, 3.8) is 0 Å². The molecule has 1 aliphatic carbocycles. The van der Waals surface area contributed by atoms with Crippen molar-refractivity contribution in [3.8, 4) is 0 Å². The molecule has 0 bridgehead atoms. The van der Waals surface area contributed by atoms with Gasteiger partial charge in [-0.2, -0.15) is 0 Å². The summed E-state index contributed by atoms with van der Waals surface area (Å²) in [4.78, 5) is 3.59. The standard InChI is InChI=1S/C18H17N/c1-2-6-13(7-3-1)12-14-10-11-17-18(14)15-8-4-5-9-16(15)19-17/h1-9,14,19H,10-12H2. The van der Waals surface area contributed by atoms with Crippen molar-refractivity contribution in [1.82, 2.24) is 4.98 Å². The molecule has 0 radical (unpaired) electrons. The Balaban J connectivity index is 1.75. The van der Waals surface area contributed by atoms with Crippen LogP contribution in [0.5, 0.6) is 0 Å². The van der Waals surface area contributed by atoms with Crippen LogP contribution < -0.4 is 0 Å². The third-order valence-corrected chi connectivity index (χ3v) is 4.30. The first-order valence-corrected chi connectivity index (χ1v) is 7.05. The number of rotatable bonds is 2. The van der Waals surface area contributed by atoms with Crippen molar-refractivity contribution < 1.29 is 0 Å². The summed E-state index contributed by atoms with van der Waals surface area (Å²) in [5.74, 6) is 0.675. The number of benzene rings is 2. The lowest BCUT2D eigenvalue weighted by atomic mass is 9.93. The summed E-state index contributed by atoms with van der Waals surface area (Å²) < 4.78 is 0. The Kier molecular flexibility index (Phi) is 2.44. The van der Waals surface area contributed by atoms with Gasteiger partial charge in [0.15, 0.2) is 0 Å². The molecule has 1 aromatic heterocycles. The topological polar surface area (TPSA) is 15.8 Å². The van der Waals surface area contributed by atoms with Crippen molar-refractivity contribution in [3.05, 3.63) is 71.4 Å². The Labute approximate surface area is 113 Å². The smallest absolute Gasteiger partial charge is 0.0459 e. The van der Waals surface area contributed by atoms with Crippen LogP contribution in [0.15, 0.2) is 54.6 Å². The fraction of sp³-hybridized carbons (Fsp3) is 0.222. The summed E-state index contributed by atoms with van der Waals surface area (Å²) in [7, 11) is 0. The maximum atomic E-state index is 3.59. The molecule has 1 aliphatic rings. The number of fused-ring (bicyclic) bond motifs is 3. The van der Waals surface area contributed by atoms with E-state index in [0.29, 0.717) is 5.92 Å². The number of nitrogens with one attached hydrogen (secondary N) is 1. The van der Waals surface area contributed by atoms with Gasteiger partial charge in [-0.05, 0) is 42.4 Å². The molecule has 0 spiro atoms. The number of hydrogen-bond acceptors (Lipinski definition) is 0. The second-order valence-corrected chi connectivity index (χ2v) is 5.49. The SMILES string of the molecule is c1ccc(CC2CCc3[nH]c4ccccc4c32)cc1. The van der Waals surface area contributed by atoms with Gasteiger partial charge in [0.1, 0.15) is 0 Å². The number of hydrogen-bond donors (Lipinski definition) is 1. The van der Waals surface area contributed by atoms with Crippen molar-refractivity contribution in [2.45, 2.75) is 25.2 Å². The number of aromatic amines is 1. The largest absolute Gasteiger partial charge is 0.358 e. The minimum absolute atomic E-state index is 0.675. The van der Waals surface area contributed by atoms with Crippen molar-refractivity contribution in [2.75, 3.05) is 0 Å². The number of H-pyrrole nitrogens is 1. The first kappa shape index (κ1) is 10.9. The maximum absolute atomic E-state index is 3.59. The minimum Gasteiger partial charge on any atom is -0.358 e. The molecule has 1 N–H and O–H groups in total. The zero-order chi connectivity index (χ0) is 12.7. The third-order valence-electron chi connectivity index (χ3n) is 4.30. The lowest BCUT2D eigenvalue weighted by Crippen LogP contribution is -1.98. The summed E-state index contributed by atoms with van der Waals surface area (Å²) in [5.41, 5.74) is 5.78. The van der Waals surface area contributed by atoms with Crippen molar-refractivity contribution in [2.24, 2.45) is 0 Å². The zero-order valence-electron chi connectivity index (χ0n) is 10.9. The quantitative estimate of drug-likeness (QED) is 0.689. The van der Waals surface area contributed by atoms with Gasteiger partial charge < -0.3 is 4.98 Å². The van der Waals surface area contributed by atoms with Crippen LogP contribution in [0.25, 0.3) is 10.9 Å². The average molecular weight is 247 g/mol. The molecule has 19 heavy (non-hydrogen) atoms. The highest BCUT2D eigenvalue weighted by molar-refractivity contribution is 5.85.